The predicted octanol–water partition coefficient (Wildman–Crippen LogP) is 4.12. The monoisotopic (exact) mass is 396 g/mol. The summed E-state index contributed by atoms with van der Waals surface area (Å²) in [4.78, 5) is 2.25. The Labute approximate surface area is 177 Å². The normalized spacial score (nSPS) is 8.08. The fraction of sp³-hybridized carbons (Fsp3) is 0. The number of benzene rings is 2. The van der Waals surface area contributed by atoms with Gasteiger partial charge in [0.2, 0.25) is 0 Å². The Morgan fingerprint density at radius 1 is 0.600 bits per heavy atom. The molecule has 0 saturated carbocycles. The summed E-state index contributed by atoms with van der Waals surface area (Å²) in [6.07, 6.45) is 0. The van der Waals surface area contributed by atoms with Crippen molar-refractivity contribution < 1.29 is 21.7 Å². The van der Waals surface area contributed by atoms with Crippen LogP contribution >= 0.6 is 0 Å². The van der Waals surface area contributed by atoms with Crippen LogP contribution < -0.4 is 0 Å². The van der Waals surface area contributed by atoms with Crippen LogP contribution in [-0.4, -0.2) is 0 Å². The molecule has 128 valence electrons. The van der Waals surface area contributed by atoms with Crippen molar-refractivity contribution in [3.05, 3.63) is 121 Å². The van der Waals surface area contributed by atoms with Crippen LogP contribution in [0.5, 0.6) is 0 Å². The van der Waals surface area contributed by atoms with Crippen LogP contribution in [0.25, 0.3) is 0 Å². The molecule has 0 saturated heterocycles. The third-order valence-electron chi connectivity index (χ3n) is 2.45. The van der Waals surface area contributed by atoms with Gasteiger partial charge in [-0.25, -0.2) is 12.1 Å². The second kappa shape index (κ2) is 17.4. The van der Waals surface area contributed by atoms with Crippen molar-refractivity contribution in [2.45, 2.75) is 9.79 Å². The van der Waals surface area contributed by atoms with Gasteiger partial charge in [0.25, 0.3) is 0 Å². The minimum atomic E-state index is 0. The molecule has 4 rings (SSSR count). The summed E-state index contributed by atoms with van der Waals surface area (Å²) < 4.78 is 0. The zero-order valence-corrected chi connectivity index (χ0v) is 17.3. The Morgan fingerprint density at radius 2 is 1.00 bits per heavy atom. The van der Waals surface area contributed by atoms with Gasteiger partial charge in [-0.2, -0.15) is 18.2 Å². The van der Waals surface area contributed by atoms with Gasteiger partial charge in [-0.15, -0.1) is 0 Å². The Bertz CT molecular complexity index is 577. The van der Waals surface area contributed by atoms with Gasteiger partial charge in [-0.05, 0) is 49.5 Å². The van der Waals surface area contributed by atoms with Gasteiger partial charge in [0.15, 0.2) is 0 Å². The van der Waals surface area contributed by atoms with Crippen molar-refractivity contribution in [2.75, 3.05) is 0 Å². The molecule has 0 atom stereocenters. The fourth-order valence-corrected chi connectivity index (χ4v) is 1.76. The maximum atomic E-state index is 3.36. The Balaban J connectivity index is 0.000000307. The molecule has 0 radical (unpaired) electrons. The van der Waals surface area contributed by atoms with E-state index in [1.807, 2.05) is 91.0 Å². The summed E-state index contributed by atoms with van der Waals surface area (Å²) in [5.74, 6) is 0. The quantitative estimate of drug-likeness (QED) is 0.238. The van der Waals surface area contributed by atoms with Crippen LogP contribution in [-0.2, 0) is 47.0 Å². The van der Waals surface area contributed by atoms with E-state index >= 15 is 0 Å². The van der Waals surface area contributed by atoms with Crippen molar-refractivity contribution in [3.8, 4) is 0 Å². The molecule has 0 heterocycles. The van der Waals surface area contributed by atoms with E-state index in [0.717, 1.165) is 9.79 Å². The van der Waals surface area contributed by atoms with Gasteiger partial charge >= 0.3 is 0 Å². The minimum absolute atomic E-state index is 0. The van der Waals surface area contributed by atoms with Gasteiger partial charge in [0, 0.05) is 21.7 Å². The summed E-state index contributed by atoms with van der Waals surface area (Å²) in [5, 5.41) is 0. The molecule has 3 heteroatoms. The Kier molecular flexibility index (Phi) is 16.4. The Morgan fingerprint density at radius 3 is 1.16 bits per heavy atom. The van der Waals surface area contributed by atoms with Crippen LogP contribution in [0, 0.1) is 24.3 Å². The predicted molar refractivity (Wildman–Crippen MR) is 109 cm³/mol. The molecule has 0 aliphatic rings. The molecule has 0 fully saturated rings. The van der Waals surface area contributed by atoms with E-state index in [1.54, 1.807) is 6.07 Å². The largest absolute Gasteiger partial charge is 0.999 e. The second-order valence-corrected chi connectivity index (χ2v) is 5.53. The molecule has 0 unspecified atom stereocenters. The standard InChI is InChI=1S/2C6H6S.C5H5.C5H.Ti/c2*7-6-4-2-1-3-5-6;2*1-2-4-5-3-1;/h2*1-5,7H;1-5H;1H;/q;;-1;-5;/p+2. The molecule has 25 heavy (non-hydrogen) atoms. The summed E-state index contributed by atoms with van der Waals surface area (Å²) in [5.41, 5.74) is 0. The third kappa shape index (κ3) is 15.8. The molecule has 0 amide bonds. The molecule has 0 spiro atoms. The van der Waals surface area contributed by atoms with E-state index in [1.165, 1.54) is 0 Å². The van der Waals surface area contributed by atoms with E-state index in [4.69, 9.17) is 0 Å². The third-order valence-corrected chi connectivity index (χ3v) is 3.12. The summed E-state index contributed by atoms with van der Waals surface area (Å²) >= 11 is 6.71. The molecule has 0 bridgehead atoms. The van der Waals surface area contributed by atoms with E-state index in [0.29, 0.717) is 0 Å². The average molecular weight is 396 g/mol. The van der Waals surface area contributed by atoms with Gasteiger partial charge in [0.05, 0.1) is 0 Å². The number of hydrogen-bond acceptors (Lipinski definition) is 0. The zero-order chi connectivity index (χ0) is 17.3. The summed E-state index contributed by atoms with van der Waals surface area (Å²) in [6.45, 7) is 0. The zero-order valence-electron chi connectivity index (χ0n) is 13.7. The van der Waals surface area contributed by atoms with Gasteiger partial charge in [-0.1, -0.05) is 36.4 Å². The maximum Gasteiger partial charge on any atom is 0.150 e. The average Bonchev–Trinajstić information content (AvgIpc) is 3.36. The van der Waals surface area contributed by atoms with Crippen LogP contribution in [0.3, 0.4) is 0 Å². The molecule has 0 N–H and O–H groups in total. The summed E-state index contributed by atoms with van der Waals surface area (Å²) in [7, 11) is 0. The van der Waals surface area contributed by atoms with Crippen molar-refractivity contribution in [1.29, 1.82) is 0 Å². The van der Waals surface area contributed by atoms with Crippen molar-refractivity contribution >= 4 is 25.3 Å². The van der Waals surface area contributed by atoms with Crippen molar-refractivity contribution in [2.24, 2.45) is 0 Å². The van der Waals surface area contributed by atoms with Crippen LogP contribution in [0.15, 0.2) is 107 Å². The fourth-order valence-electron chi connectivity index (χ4n) is 1.38. The van der Waals surface area contributed by atoms with E-state index in [-0.39, 0.29) is 21.7 Å². The van der Waals surface area contributed by atoms with Crippen LogP contribution in [0.4, 0.5) is 0 Å². The maximum absolute atomic E-state index is 3.36. The van der Waals surface area contributed by atoms with Gasteiger partial charge < -0.3 is 30.3 Å². The second-order valence-electron chi connectivity index (χ2n) is 4.38. The summed E-state index contributed by atoms with van der Waals surface area (Å²) in [6, 6.07) is 41.9. The SMILES string of the molecule is [SH2+]c1ccccc1.[SH2+]c1ccccc1.[Ti].[c-]1[c-][c-][cH-][c-]1.c1cc[cH-]c1. The first-order valence-electron chi connectivity index (χ1n) is 7.32. The van der Waals surface area contributed by atoms with Crippen molar-refractivity contribution in [1.82, 2.24) is 0 Å². The van der Waals surface area contributed by atoms with E-state index < -0.39 is 0 Å². The molecule has 0 aliphatic carbocycles. The number of rotatable bonds is 0. The van der Waals surface area contributed by atoms with Crippen molar-refractivity contribution in [3.63, 3.8) is 0 Å². The topological polar surface area (TPSA) is 0 Å². The first kappa shape index (κ1) is 23.6. The first-order valence-corrected chi connectivity index (χ1v) is 8.32. The van der Waals surface area contributed by atoms with Gasteiger partial charge in [-0.3, -0.25) is 0 Å². The minimum Gasteiger partial charge on any atom is -0.999 e. The van der Waals surface area contributed by atoms with Crippen LogP contribution in [0.2, 0.25) is 0 Å². The molecular formula is C22H20S2Ti-4. The van der Waals surface area contributed by atoms with Gasteiger partial charge in [0.1, 0.15) is 9.79 Å². The first-order chi connectivity index (χ1) is 11.8. The Hall–Kier alpha value is -1.45. The van der Waals surface area contributed by atoms with E-state index in [9.17, 15) is 0 Å². The number of hydrogen-bond donors (Lipinski definition) is 0. The molecule has 4 aromatic rings. The smallest absolute Gasteiger partial charge is 0.150 e. The molecule has 0 aliphatic heterocycles. The molecule has 4 aromatic carbocycles. The molecule has 0 nitrogen and oxygen atoms in total. The van der Waals surface area contributed by atoms with E-state index in [2.05, 4.69) is 49.5 Å². The molecule has 0 aromatic heterocycles. The molecular weight excluding hydrogens is 376 g/mol. The van der Waals surface area contributed by atoms with Crippen LogP contribution in [0.1, 0.15) is 0 Å².